The molecule has 0 saturated heterocycles. The van der Waals surface area contributed by atoms with Gasteiger partial charge in [-0.25, -0.2) is 9.98 Å². The smallest absolute Gasteiger partial charge is 0.276 e. The van der Waals surface area contributed by atoms with Crippen molar-refractivity contribution in [3.05, 3.63) is 35.9 Å². The minimum Gasteiger partial charge on any atom is -0.443 e. The molecule has 1 aromatic heterocycles. The molecule has 1 aliphatic rings. The number of oxazole rings is 1. The normalized spacial score (nSPS) is 17.4. The van der Waals surface area contributed by atoms with Crippen LogP contribution < -0.4 is 10.6 Å². The van der Waals surface area contributed by atoms with Crippen LogP contribution in [0.25, 0.3) is 17.2 Å². The van der Waals surface area contributed by atoms with Crippen molar-refractivity contribution in [1.82, 2.24) is 15.6 Å². The van der Waals surface area contributed by atoms with E-state index in [4.69, 9.17) is 4.42 Å². The second-order valence-electron chi connectivity index (χ2n) is 6.18. The second-order valence-corrected chi connectivity index (χ2v) is 6.18. The van der Waals surface area contributed by atoms with E-state index >= 15 is 0 Å². The van der Waals surface area contributed by atoms with Crippen LogP contribution >= 0.6 is 0 Å². The van der Waals surface area contributed by atoms with Gasteiger partial charge in [0.2, 0.25) is 5.96 Å². The van der Waals surface area contributed by atoms with Crippen molar-refractivity contribution in [2.75, 3.05) is 6.61 Å². The van der Waals surface area contributed by atoms with Crippen LogP contribution in [0.2, 0.25) is 0 Å². The van der Waals surface area contributed by atoms with Crippen LogP contribution in [-0.2, 0) is 4.79 Å². The lowest BCUT2D eigenvalue weighted by Gasteiger charge is -2.18. The van der Waals surface area contributed by atoms with Crippen molar-refractivity contribution >= 4 is 29.0 Å². The van der Waals surface area contributed by atoms with Crippen LogP contribution in [0.15, 0.2) is 39.7 Å². The molecule has 0 bridgehead atoms. The Morgan fingerprint density at radius 2 is 2.25 bits per heavy atom. The summed E-state index contributed by atoms with van der Waals surface area (Å²) in [6.07, 6.45) is 3.85. The molecule has 0 unspecified atom stereocenters. The number of hydrogen-bond acceptors (Lipinski definition) is 6. The van der Waals surface area contributed by atoms with E-state index < -0.39 is 0 Å². The zero-order chi connectivity index (χ0) is 17.1. The van der Waals surface area contributed by atoms with Crippen LogP contribution in [0.4, 0.5) is 0 Å². The van der Waals surface area contributed by atoms with E-state index in [1.54, 1.807) is 12.1 Å². The highest BCUT2D eigenvalue weighted by atomic mass is 16.3. The fraction of sp³-hybridized carbons (Fsp3) is 0.353. The third-order valence-electron chi connectivity index (χ3n) is 3.67. The number of nitrogens with one attached hydrogen (secondary N) is 2. The van der Waals surface area contributed by atoms with Gasteiger partial charge < -0.3 is 14.8 Å². The number of hydrogen-bond donors (Lipinski definition) is 3. The quantitative estimate of drug-likeness (QED) is 0.725. The number of aromatic nitrogens is 1. The Bertz CT molecular complexity index is 807. The Hall–Kier alpha value is -2.67. The molecule has 1 atom stereocenters. The van der Waals surface area contributed by atoms with Gasteiger partial charge in [-0.05, 0) is 36.1 Å². The molecule has 24 heavy (non-hydrogen) atoms. The highest BCUT2D eigenvalue weighted by molar-refractivity contribution is 6.13. The van der Waals surface area contributed by atoms with E-state index in [-0.39, 0.29) is 18.6 Å². The number of aliphatic imine (C=N–C) groups is 1. The molecule has 1 aliphatic heterocycles. The van der Waals surface area contributed by atoms with Gasteiger partial charge in [0.25, 0.3) is 5.91 Å². The Morgan fingerprint density at radius 3 is 3.00 bits per heavy atom. The Balaban J connectivity index is 1.77. The second kappa shape index (κ2) is 6.84. The number of benzene rings is 1. The first-order valence-corrected chi connectivity index (χ1v) is 7.87. The van der Waals surface area contributed by atoms with Gasteiger partial charge in [0.1, 0.15) is 11.2 Å². The standard InChI is InChI=1S/C17H20N4O3/c1-10(2)5-12(8-22)19-17-20-14(16(23)21-17)6-11-3-4-13-15(7-11)24-9-18-13/h3-4,6-7,9-10,12,22H,5,8H2,1-2H3,(H2,19,20,21,23)/b14-6-/t12-/m1/s1. The molecule has 2 heterocycles. The summed E-state index contributed by atoms with van der Waals surface area (Å²) in [5, 5.41) is 15.2. The third-order valence-corrected chi connectivity index (χ3v) is 3.67. The Kier molecular flexibility index (Phi) is 4.61. The summed E-state index contributed by atoms with van der Waals surface area (Å²) < 4.78 is 5.26. The average Bonchev–Trinajstić information content (AvgIpc) is 3.12. The fourth-order valence-corrected chi connectivity index (χ4v) is 2.60. The van der Waals surface area contributed by atoms with Gasteiger partial charge in [-0.1, -0.05) is 19.9 Å². The molecule has 0 aliphatic carbocycles. The fourth-order valence-electron chi connectivity index (χ4n) is 2.60. The van der Waals surface area contributed by atoms with Gasteiger partial charge in [0.05, 0.1) is 12.6 Å². The lowest BCUT2D eigenvalue weighted by molar-refractivity contribution is -0.115. The van der Waals surface area contributed by atoms with E-state index in [0.717, 1.165) is 17.5 Å². The van der Waals surface area contributed by atoms with Crippen molar-refractivity contribution in [2.24, 2.45) is 10.9 Å². The lowest BCUT2D eigenvalue weighted by Crippen LogP contribution is -2.44. The van der Waals surface area contributed by atoms with Gasteiger partial charge in [0.15, 0.2) is 12.0 Å². The maximum Gasteiger partial charge on any atom is 0.276 e. The van der Waals surface area contributed by atoms with Gasteiger partial charge in [-0.2, -0.15) is 0 Å². The summed E-state index contributed by atoms with van der Waals surface area (Å²) in [7, 11) is 0. The molecule has 2 aromatic rings. The first-order valence-electron chi connectivity index (χ1n) is 7.87. The maximum absolute atomic E-state index is 12.1. The van der Waals surface area contributed by atoms with Crippen LogP contribution in [0.3, 0.4) is 0 Å². The number of guanidine groups is 1. The van der Waals surface area contributed by atoms with Crippen molar-refractivity contribution in [1.29, 1.82) is 0 Å². The monoisotopic (exact) mass is 328 g/mol. The molecule has 3 rings (SSSR count). The molecule has 1 amide bonds. The first-order chi connectivity index (χ1) is 11.5. The largest absolute Gasteiger partial charge is 0.443 e. The third kappa shape index (κ3) is 3.62. The Labute approximate surface area is 139 Å². The number of aliphatic hydroxyl groups excluding tert-OH is 1. The highest BCUT2D eigenvalue weighted by Gasteiger charge is 2.22. The molecule has 0 radical (unpaired) electrons. The number of carbonyl (C=O) groups is 1. The van der Waals surface area contributed by atoms with E-state index in [9.17, 15) is 9.90 Å². The molecule has 7 nitrogen and oxygen atoms in total. The predicted molar refractivity (Wildman–Crippen MR) is 91.0 cm³/mol. The Morgan fingerprint density at radius 1 is 1.42 bits per heavy atom. The van der Waals surface area contributed by atoms with E-state index in [2.05, 4.69) is 34.5 Å². The van der Waals surface area contributed by atoms with E-state index in [0.29, 0.717) is 23.2 Å². The highest BCUT2D eigenvalue weighted by Crippen LogP contribution is 2.18. The number of fused-ring (bicyclic) bond motifs is 1. The zero-order valence-electron chi connectivity index (χ0n) is 13.6. The van der Waals surface area contributed by atoms with Gasteiger partial charge in [0, 0.05) is 0 Å². The average molecular weight is 328 g/mol. The minimum atomic E-state index is -0.281. The molecule has 126 valence electrons. The summed E-state index contributed by atoms with van der Waals surface area (Å²) in [4.78, 5) is 20.4. The summed E-state index contributed by atoms with van der Waals surface area (Å²) >= 11 is 0. The molecule has 1 aromatic carbocycles. The summed E-state index contributed by atoms with van der Waals surface area (Å²) in [5.74, 6) is 0.513. The maximum atomic E-state index is 12.1. The lowest BCUT2D eigenvalue weighted by atomic mass is 10.0. The van der Waals surface area contributed by atoms with Gasteiger partial charge in [-0.15, -0.1) is 0 Å². The number of nitrogens with zero attached hydrogens (tertiary/aromatic N) is 2. The minimum absolute atomic E-state index is 0.0196. The predicted octanol–water partition coefficient (Wildman–Crippen LogP) is 1.65. The van der Waals surface area contributed by atoms with Crippen molar-refractivity contribution in [2.45, 2.75) is 26.3 Å². The molecular weight excluding hydrogens is 308 g/mol. The van der Waals surface area contributed by atoms with Crippen LogP contribution in [0.5, 0.6) is 0 Å². The topological polar surface area (TPSA) is 99.8 Å². The van der Waals surface area contributed by atoms with E-state index in [1.807, 2.05) is 12.1 Å². The molecular formula is C17H20N4O3. The molecule has 0 spiro atoms. The van der Waals surface area contributed by atoms with Gasteiger partial charge in [-0.3, -0.25) is 10.1 Å². The number of aliphatic hydroxyl groups is 1. The number of rotatable bonds is 5. The SMILES string of the molecule is CC(C)C[C@H](CO)NC1=N/C(=C\c2ccc3ncoc3c2)C(=O)N1. The summed E-state index contributed by atoms with van der Waals surface area (Å²) in [6, 6.07) is 5.33. The van der Waals surface area contributed by atoms with Crippen molar-refractivity contribution in [3.63, 3.8) is 0 Å². The number of amides is 1. The summed E-state index contributed by atoms with van der Waals surface area (Å²) in [6.45, 7) is 4.13. The molecule has 0 saturated carbocycles. The van der Waals surface area contributed by atoms with Gasteiger partial charge >= 0.3 is 0 Å². The molecule has 0 fully saturated rings. The van der Waals surface area contributed by atoms with E-state index in [1.165, 1.54) is 6.39 Å². The van der Waals surface area contributed by atoms with Crippen LogP contribution in [0.1, 0.15) is 25.8 Å². The van der Waals surface area contributed by atoms with Crippen LogP contribution in [-0.4, -0.2) is 34.6 Å². The molecule has 7 heteroatoms. The number of carbonyl (C=O) groups excluding carboxylic acids is 1. The van der Waals surface area contributed by atoms with Crippen molar-refractivity contribution in [3.8, 4) is 0 Å². The summed E-state index contributed by atoms with van der Waals surface area (Å²) in [5.41, 5.74) is 2.52. The zero-order valence-corrected chi connectivity index (χ0v) is 13.6. The first kappa shape index (κ1) is 16.2. The van der Waals surface area contributed by atoms with Crippen molar-refractivity contribution < 1.29 is 14.3 Å². The molecule has 3 N–H and O–H groups in total. The van der Waals surface area contributed by atoms with Crippen LogP contribution in [0, 0.1) is 5.92 Å².